The average Bonchev–Trinajstić information content (AvgIpc) is 2.18. The van der Waals surface area contributed by atoms with E-state index in [2.05, 4.69) is 5.92 Å². The number of unbranched alkanes of at least 4 members (excludes halogenated alkanes) is 1. The van der Waals surface area contributed by atoms with Gasteiger partial charge in [-0.05, 0) is 6.42 Å². The predicted octanol–water partition coefficient (Wildman–Crippen LogP) is -0.300. The quantitative estimate of drug-likeness (QED) is 0.351. The Kier molecular flexibility index (Phi) is 3.52. The van der Waals surface area contributed by atoms with Crippen molar-refractivity contribution in [2.45, 2.75) is 12.8 Å². The molecule has 0 unspecified atom stereocenters. The molecule has 4 nitrogen and oxygen atoms in total. The number of rotatable bonds is 3. The Hall–Kier alpha value is -1.50. The van der Waals surface area contributed by atoms with Crippen molar-refractivity contribution >= 4 is 11.8 Å². The second kappa shape index (κ2) is 4.66. The number of carbonyl (C=O) groups excluding carboxylic acids is 2. The van der Waals surface area contributed by atoms with Gasteiger partial charge in [0, 0.05) is 33.1 Å². The molecule has 0 aliphatic carbocycles. The zero-order valence-electron chi connectivity index (χ0n) is 8.32. The molecule has 0 aromatic heterocycles. The molecule has 1 aliphatic heterocycles. The van der Waals surface area contributed by atoms with Crippen LogP contribution in [0.3, 0.4) is 0 Å². The summed E-state index contributed by atoms with van der Waals surface area (Å²) in [5.74, 6) is 1.68. The number of carbonyl (C=O) groups is 2. The van der Waals surface area contributed by atoms with E-state index in [0.29, 0.717) is 26.1 Å². The van der Waals surface area contributed by atoms with Gasteiger partial charge in [-0.1, -0.05) is 0 Å². The highest BCUT2D eigenvalue weighted by Crippen LogP contribution is 2.04. The minimum atomic E-state index is -0.419. The van der Waals surface area contributed by atoms with Gasteiger partial charge in [-0.15, -0.1) is 12.3 Å². The summed E-state index contributed by atoms with van der Waals surface area (Å²) in [4.78, 5) is 25.7. The maximum Gasteiger partial charge on any atom is 0.312 e. The first-order valence-corrected chi connectivity index (χ1v) is 4.64. The van der Waals surface area contributed by atoms with E-state index in [1.165, 1.54) is 4.90 Å². The number of likely N-dealkylation sites (N-methyl/N-ethyl adjacent to an activating group) is 1. The molecule has 76 valence electrons. The fraction of sp³-hybridized carbons (Fsp3) is 0.600. The van der Waals surface area contributed by atoms with Crippen LogP contribution in [0.15, 0.2) is 0 Å². The summed E-state index contributed by atoms with van der Waals surface area (Å²) in [6.07, 6.45) is 6.51. The molecule has 2 amide bonds. The zero-order chi connectivity index (χ0) is 10.6. The Morgan fingerprint density at radius 3 is 2.71 bits per heavy atom. The van der Waals surface area contributed by atoms with Crippen molar-refractivity contribution < 1.29 is 9.59 Å². The lowest BCUT2D eigenvalue weighted by Crippen LogP contribution is -2.52. The van der Waals surface area contributed by atoms with Gasteiger partial charge < -0.3 is 9.80 Å². The number of terminal acetylenes is 1. The summed E-state index contributed by atoms with van der Waals surface area (Å²) >= 11 is 0. The van der Waals surface area contributed by atoms with Crippen LogP contribution in [-0.2, 0) is 9.59 Å². The van der Waals surface area contributed by atoms with Crippen LogP contribution in [-0.4, -0.2) is 48.3 Å². The Labute approximate surface area is 83.9 Å². The number of hydrogen-bond acceptors (Lipinski definition) is 2. The molecule has 14 heavy (non-hydrogen) atoms. The van der Waals surface area contributed by atoms with E-state index in [1.807, 2.05) is 0 Å². The molecule has 1 fully saturated rings. The molecule has 0 saturated carbocycles. The monoisotopic (exact) mass is 194 g/mol. The fourth-order valence-electron chi connectivity index (χ4n) is 1.36. The molecular formula is C10H14N2O2. The van der Waals surface area contributed by atoms with E-state index in [0.717, 1.165) is 6.42 Å². The SMILES string of the molecule is C#CCCCN1CCN(C)C(=O)C1=O. The van der Waals surface area contributed by atoms with Crippen molar-refractivity contribution in [3.63, 3.8) is 0 Å². The molecule has 0 spiro atoms. The number of nitrogens with zero attached hydrogens (tertiary/aromatic N) is 2. The Morgan fingerprint density at radius 2 is 2.07 bits per heavy atom. The minimum absolute atomic E-state index is 0.407. The van der Waals surface area contributed by atoms with Gasteiger partial charge in [0.2, 0.25) is 0 Å². The first-order chi connectivity index (χ1) is 6.66. The normalized spacial score (nSPS) is 17.1. The molecule has 0 aromatic rings. The maximum absolute atomic E-state index is 11.4. The Bertz CT molecular complexity index is 280. The molecular weight excluding hydrogens is 180 g/mol. The molecule has 0 radical (unpaired) electrons. The zero-order valence-corrected chi connectivity index (χ0v) is 8.32. The highest BCUT2D eigenvalue weighted by atomic mass is 16.2. The second-order valence-corrected chi connectivity index (χ2v) is 3.33. The van der Waals surface area contributed by atoms with E-state index in [4.69, 9.17) is 6.42 Å². The Morgan fingerprint density at radius 1 is 1.36 bits per heavy atom. The molecule has 0 aromatic carbocycles. The predicted molar refractivity (Wildman–Crippen MR) is 52.3 cm³/mol. The van der Waals surface area contributed by atoms with E-state index in [9.17, 15) is 9.59 Å². The van der Waals surface area contributed by atoms with E-state index >= 15 is 0 Å². The summed E-state index contributed by atoms with van der Waals surface area (Å²) < 4.78 is 0. The summed E-state index contributed by atoms with van der Waals surface area (Å²) in [7, 11) is 1.64. The van der Waals surface area contributed by atoms with Crippen LogP contribution < -0.4 is 0 Å². The van der Waals surface area contributed by atoms with E-state index in [-0.39, 0.29) is 0 Å². The summed E-state index contributed by atoms with van der Waals surface area (Å²) in [6.45, 7) is 1.81. The number of hydrogen-bond donors (Lipinski definition) is 0. The molecule has 0 N–H and O–H groups in total. The molecule has 4 heteroatoms. The molecule has 1 heterocycles. The lowest BCUT2D eigenvalue weighted by Gasteiger charge is -2.31. The van der Waals surface area contributed by atoms with Crippen LogP contribution in [0.1, 0.15) is 12.8 Å². The smallest absolute Gasteiger partial charge is 0.312 e. The molecule has 0 atom stereocenters. The van der Waals surface area contributed by atoms with Gasteiger partial charge in [0.1, 0.15) is 0 Å². The lowest BCUT2D eigenvalue weighted by molar-refractivity contribution is -0.154. The van der Waals surface area contributed by atoms with Crippen molar-refractivity contribution in [1.82, 2.24) is 9.80 Å². The third kappa shape index (κ3) is 2.25. The van der Waals surface area contributed by atoms with Gasteiger partial charge in [0.05, 0.1) is 0 Å². The van der Waals surface area contributed by atoms with Crippen LogP contribution >= 0.6 is 0 Å². The standard InChI is InChI=1S/C10H14N2O2/c1-3-4-5-6-12-8-7-11(2)9(13)10(12)14/h1H,4-8H2,2H3. The largest absolute Gasteiger partial charge is 0.336 e. The summed E-state index contributed by atoms with van der Waals surface area (Å²) in [5, 5.41) is 0. The van der Waals surface area contributed by atoms with Gasteiger partial charge in [-0.25, -0.2) is 0 Å². The van der Waals surface area contributed by atoms with Crippen LogP contribution in [0.5, 0.6) is 0 Å². The minimum Gasteiger partial charge on any atom is -0.336 e. The fourth-order valence-corrected chi connectivity index (χ4v) is 1.36. The average molecular weight is 194 g/mol. The second-order valence-electron chi connectivity index (χ2n) is 3.33. The van der Waals surface area contributed by atoms with Crippen molar-refractivity contribution in [3.05, 3.63) is 0 Å². The highest BCUT2D eigenvalue weighted by molar-refractivity contribution is 6.35. The van der Waals surface area contributed by atoms with Gasteiger partial charge in [-0.2, -0.15) is 0 Å². The molecule has 1 rings (SSSR count). The van der Waals surface area contributed by atoms with Crippen molar-refractivity contribution in [2.24, 2.45) is 0 Å². The van der Waals surface area contributed by atoms with Crippen LogP contribution in [0.2, 0.25) is 0 Å². The molecule has 0 bridgehead atoms. The lowest BCUT2D eigenvalue weighted by atomic mass is 10.2. The van der Waals surface area contributed by atoms with E-state index < -0.39 is 11.8 Å². The van der Waals surface area contributed by atoms with Gasteiger partial charge >= 0.3 is 11.8 Å². The van der Waals surface area contributed by atoms with Gasteiger partial charge in [-0.3, -0.25) is 9.59 Å². The van der Waals surface area contributed by atoms with Crippen LogP contribution in [0.25, 0.3) is 0 Å². The first kappa shape index (κ1) is 10.6. The Balaban J connectivity index is 2.44. The third-order valence-corrected chi connectivity index (χ3v) is 2.27. The van der Waals surface area contributed by atoms with Crippen molar-refractivity contribution in [1.29, 1.82) is 0 Å². The highest BCUT2D eigenvalue weighted by Gasteiger charge is 2.29. The third-order valence-electron chi connectivity index (χ3n) is 2.27. The van der Waals surface area contributed by atoms with Crippen LogP contribution in [0.4, 0.5) is 0 Å². The van der Waals surface area contributed by atoms with Crippen LogP contribution in [0, 0.1) is 12.3 Å². The number of piperazine rings is 1. The molecule has 1 saturated heterocycles. The number of amides is 2. The topological polar surface area (TPSA) is 40.6 Å². The first-order valence-electron chi connectivity index (χ1n) is 4.64. The summed E-state index contributed by atoms with van der Waals surface area (Å²) in [5.41, 5.74) is 0. The maximum atomic E-state index is 11.4. The molecule has 1 aliphatic rings. The van der Waals surface area contributed by atoms with E-state index in [1.54, 1.807) is 11.9 Å². The van der Waals surface area contributed by atoms with Crippen molar-refractivity contribution in [2.75, 3.05) is 26.7 Å². The van der Waals surface area contributed by atoms with Gasteiger partial charge in [0.25, 0.3) is 0 Å². The van der Waals surface area contributed by atoms with Crippen molar-refractivity contribution in [3.8, 4) is 12.3 Å². The van der Waals surface area contributed by atoms with Gasteiger partial charge in [0.15, 0.2) is 0 Å². The summed E-state index contributed by atoms with van der Waals surface area (Å²) in [6, 6.07) is 0.